The van der Waals surface area contributed by atoms with E-state index in [0.29, 0.717) is 11.6 Å². The standard InChI is InChI=1S/C8H8N4O.2ClH/c9-6-3-1-5(2-4-6)7-11-12-8(10)13-7;;/h1-4H,9H2,(H2,10,12);2*1H. The SMILES string of the molecule is Cl.Cl.Nc1ccc(-c2nnc(N)o2)cc1. The molecule has 0 aliphatic heterocycles. The van der Waals surface area contributed by atoms with Crippen molar-refractivity contribution in [3.63, 3.8) is 0 Å². The quantitative estimate of drug-likeness (QED) is 0.751. The first-order chi connectivity index (χ1) is 6.25. The van der Waals surface area contributed by atoms with Gasteiger partial charge in [-0.1, -0.05) is 5.10 Å². The lowest BCUT2D eigenvalue weighted by molar-refractivity contribution is 0.590. The zero-order valence-corrected chi connectivity index (χ0v) is 9.22. The largest absolute Gasteiger partial charge is 0.404 e. The van der Waals surface area contributed by atoms with Crippen molar-refractivity contribution in [2.75, 3.05) is 11.5 Å². The van der Waals surface area contributed by atoms with Crippen LogP contribution in [0, 0.1) is 0 Å². The highest BCUT2D eigenvalue weighted by Crippen LogP contribution is 2.19. The van der Waals surface area contributed by atoms with Crippen molar-refractivity contribution < 1.29 is 4.42 Å². The molecule has 7 heteroatoms. The minimum absolute atomic E-state index is 0. The molecular weight excluding hydrogens is 239 g/mol. The smallest absolute Gasteiger partial charge is 0.313 e. The number of hydrogen-bond acceptors (Lipinski definition) is 5. The second kappa shape index (κ2) is 5.43. The minimum Gasteiger partial charge on any atom is -0.404 e. The Morgan fingerprint density at radius 3 is 2.00 bits per heavy atom. The number of halogens is 2. The van der Waals surface area contributed by atoms with E-state index in [9.17, 15) is 0 Å². The predicted octanol–water partition coefficient (Wildman–Crippen LogP) is 1.74. The van der Waals surface area contributed by atoms with E-state index in [0.717, 1.165) is 5.56 Å². The predicted molar refractivity (Wildman–Crippen MR) is 63.1 cm³/mol. The Kier molecular flexibility index (Phi) is 4.90. The summed E-state index contributed by atoms with van der Waals surface area (Å²) in [6.07, 6.45) is 0. The summed E-state index contributed by atoms with van der Waals surface area (Å²) in [6, 6.07) is 7.17. The summed E-state index contributed by atoms with van der Waals surface area (Å²) >= 11 is 0. The number of benzene rings is 1. The maximum atomic E-state index is 5.52. The highest BCUT2D eigenvalue weighted by molar-refractivity contribution is 5.85. The molecule has 0 spiro atoms. The van der Waals surface area contributed by atoms with Crippen molar-refractivity contribution in [1.29, 1.82) is 0 Å². The highest BCUT2D eigenvalue weighted by atomic mass is 35.5. The molecule has 1 heterocycles. The summed E-state index contributed by atoms with van der Waals surface area (Å²) in [6.45, 7) is 0. The molecular formula is C8H10Cl2N4O. The van der Waals surface area contributed by atoms with Gasteiger partial charge in [-0.2, -0.15) is 0 Å². The fourth-order valence-corrected chi connectivity index (χ4v) is 0.977. The van der Waals surface area contributed by atoms with Gasteiger partial charge >= 0.3 is 6.01 Å². The van der Waals surface area contributed by atoms with Gasteiger partial charge in [0.15, 0.2) is 0 Å². The number of rotatable bonds is 1. The molecule has 0 radical (unpaired) electrons. The van der Waals surface area contributed by atoms with Gasteiger partial charge in [0.2, 0.25) is 5.89 Å². The van der Waals surface area contributed by atoms with E-state index in [4.69, 9.17) is 15.9 Å². The first-order valence-corrected chi connectivity index (χ1v) is 3.70. The third kappa shape index (κ3) is 3.00. The maximum absolute atomic E-state index is 5.52. The van der Waals surface area contributed by atoms with Gasteiger partial charge in [0.1, 0.15) is 0 Å². The molecule has 2 rings (SSSR count). The molecule has 0 fully saturated rings. The van der Waals surface area contributed by atoms with Crippen LogP contribution in [0.1, 0.15) is 0 Å². The third-order valence-electron chi connectivity index (χ3n) is 1.60. The summed E-state index contributed by atoms with van der Waals surface area (Å²) in [5.41, 5.74) is 12.3. The Labute approximate surface area is 98.7 Å². The van der Waals surface area contributed by atoms with Crippen LogP contribution in [0.2, 0.25) is 0 Å². The topological polar surface area (TPSA) is 91.0 Å². The van der Waals surface area contributed by atoms with Crippen LogP contribution in [0.15, 0.2) is 28.7 Å². The van der Waals surface area contributed by atoms with Gasteiger partial charge in [0.05, 0.1) is 0 Å². The monoisotopic (exact) mass is 248 g/mol. The lowest BCUT2D eigenvalue weighted by atomic mass is 10.2. The summed E-state index contributed by atoms with van der Waals surface area (Å²) in [7, 11) is 0. The first kappa shape index (κ1) is 13.5. The molecule has 1 aromatic carbocycles. The number of aromatic nitrogens is 2. The molecule has 0 saturated heterocycles. The molecule has 4 N–H and O–H groups in total. The minimum atomic E-state index is 0. The van der Waals surface area contributed by atoms with Crippen LogP contribution in [-0.4, -0.2) is 10.2 Å². The van der Waals surface area contributed by atoms with Crippen molar-refractivity contribution in [2.24, 2.45) is 0 Å². The Morgan fingerprint density at radius 2 is 1.53 bits per heavy atom. The molecule has 0 saturated carbocycles. The molecule has 82 valence electrons. The van der Waals surface area contributed by atoms with Gasteiger partial charge < -0.3 is 15.9 Å². The molecule has 0 amide bonds. The molecule has 0 aliphatic rings. The van der Waals surface area contributed by atoms with Crippen LogP contribution >= 0.6 is 24.8 Å². The van der Waals surface area contributed by atoms with Crippen LogP contribution in [0.3, 0.4) is 0 Å². The second-order valence-corrected chi connectivity index (χ2v) is 2.57. The molecule has 0 atom stereocenters. The van der Waals surface area contributed by atoms with E-state index >= 15 is 0 Å². The third-order valence-corrected chi connectivity index (χ3v) is 1.60. The van der Waals surface area contributed by atoms with Crippen LogP contribution in [0.25, 0.3) is 11.5 Å². The van der Waals surface area contributed by atoms with E-state index in [-0.39, 0.29) is 30.8 Å². The lowest BCUT2D eigenvalue weighted by Gasteiger charge is -1.94. The summed E-state index contributed by atoms with van der Waals surface area (Å²) in [4.78, 5) is 0. The molecule has 2 aromatic rings. The zero-order valence-electron chi connectivity index (χ0n) is 7.58. The Hall–Kier alpha value is -1.46. The highest BCUT2D eigenvalue weighted by Gasteiger charge is 2.04. The summed E-state index contributed by atoms with van der Waals surface area (Å²) < 4.78 is 5.02. The second-order valence-electron chi connectivity index (χ2n) is 2.57. The molecule has 0 unspecified atom stereocenters. The zero-order chi connectivity index (χ0) is 9.26. The van der Waals surface area contributed by atoms with Crippen molar-refractivity contribution in [1.82, 2.24) is 10.2 Å². The maximum Gasteiger partial charge on any atom is 0.313 e. The molecule has 1 aromatic heterocycles. The van der Waals surface area contributed by atoms with Crippen molar-refractivity contribution >= 4 is 36.5 Å². The number of hydrogen-bond donors (Lipinski definition) is 2. The lowest BCUT2D eigenvalue weighted by Crippen LogP contribution is -1.83. The van der Waals surface area contributed by atoms with Crippen molar-refractivity contribution in [3.8, 4) is 11.5 Å². The van der Waals surface area contributed by atoms with Crippen LogP contribution in [-0.2, 0) is 0 Å². The average molecular weight is 249 g/mol. The normalized spacial score (nSPS) is 8.80. The van der Waals surface area contributed by atoms with Gasteiger partial charge in [-0.05, 0) is 24.3 Å². The molecule has 0 bridgehead atoms. The van der Waals surface area contributed by atoms with Crippen molar-refractivity contribution in [2.45, 2.75) is 0 Å². The molecule has 0 aliphatic carbocycles. The summed E-state index contributed by atoms with van der Waals surface area (Å²) in [5, 5.41) is 7.28. The summed E-state index contributed by atoms with van der Waals surface area (Å²) in [5.74, 6) is 0.400. The fraction of sp³-hybridized carbons (Fsp3) is 0. The van der Waals surface area contributed by atoms with Crippen LogP contribution in [0.4, 0.5) is 11.7 Å². The van der Waals surface area contributed by atoms with Gasteiger partial charge in [0, 0.05) is 11.3 Å². The first-order valence-electron chi connectivity index (χ1n) is 3.70. The van der Waals surface area contributed by atoms with Gasteiger partial charge in [0.25, 0.3) is 0 Å². The average Bonchev–Trinajstić information content (AvgIpc) is 2.53. The Morgan fingerprint density at radius 1 is 0.933 bits per heavy atom. The Bertz CT molecular complexity index is 415. The number of nitrogen functional groups attached to an aromatic ring is 2. The van der Waals surface area contributed by atoms with Crippen molar-refractivity contribution in [3.05, 3.63) is 24.3 Å². The fourth-order valence-electron chi connectivity index (χ4n) is 0.977. The van der Waals surface area contributed by atoms with Gasteiger partial charge in [-0.25, -0.2) is 0 Å². The Balaban J connectivity index is 0.000000980. The van der Waals surface area contributed by atoms with Crippen LogP contribution < -0.4 is 11.5 Å². The van der Waals surface area contributed by atoms with E-state index < -0.39 is 0 Å². The molecule has 5 nitrogen and oxygen atoms in total. The van der Waals surface area contributed by atoms with Gasteiger partial charge in [-0.15, -0.1) is 29.9 Å². The number of anilines is 2. The molecule has 15 heavy (non-hydrogen) atoms. The van der Waals surface area contributed by atoms with Crippen LogP contribution in [0.5, 0.6) is 0 Å². The van der Waals surface area contributed by atoms with E-state index in [1.807, 2.05) is 0 Å². The number of nitrogens with two attached hydrogens (primary N) is 2. The number of nitrogens with zero attached hydrogens (tertiary/aromatic N) is 2. The van der Waals surface area contributed by atoms with Gasteiger partial charge in [-0.3, -0.25) is 0 Å². The van der Waals surface area contributed by atoms with E-state index in [1.54, 1.807) is 24.3 Å². The van der Waals surface area contributed by atoms with E-state index in [1.165, 1.54) is 0 Å². The van der Waals surface area contributed by atoms with E-state index in [2.05, 4.69) is 10.2 Å².